The van der Waals surface area contributed by atoms with Crippen LogP contribution in [-0.2, 0) is 27.1 Å². The molecule has 0 spiro atoms. The molecule has 0 aliphatic rings. The SMILES string of the molecule is COc1cc(NS(=O)(=O)c2cc(C(N)=O)n(C)c2)ccc1NS(C)(=O)=O. The highest BCUT2D eigenvalue weighted by atomic mass is 32.2. The van der Waals surface area contributed by atoms with Crippen LogP contribution in [0.3, 0.4) is 0 Å². The Morgan fingerprint density at radius 1 is 1.15 bits per heavy atom. The second-order valence-corrected chi connectivity index (χ2v) is 8.86. The Hall–Kier alpha value is -2.73. The van der Waals surface area contributed by atoms with Gasteiger partial charge in [-0.1, -0.05) is 0 Å². The fourth-order valence-electron chi connectivity index (χ4n) is 2.18. The lowest BCUT2D eigenvalue weighted by atomic mass is 10.2. The second kappa shape index (κ2) is 6.88. The molecule has 2 rings (SSSR count). The Bertz CT molecular complexity index is 1060. The van der Waals surface area contributed by atoms with E-state index in [9.17, 15) is 21.6 Å². The van der Waals surface area contributed by atoms with Crippen LogP contribution in [0.4, 0.5) is 11.4 Å². The first kappa shape index (κ1) is 19.6. The number of aromatic nitrogens is 1. The van der Waals surface area contributed by atoms with Gasteiger partial charge < -0.3 is 15.0 Å². The van der Waals surface area contributed by atoms with Crippen LogP contribution in [0.1, 0.15) is 10.5 Å². The van der Waals surface area contributed by atoms with E-state index in [-0.39, 0.29) is 27.7 Å². The van der Waals surface area contributed by atoms with Gasteiger partial charge in [0.1, 0.15) is 16.3 Å². The number of hydrogen-bond donors (Lipinski definition) is 3. The van der Waals surface area contributed by atoms with E-state index < -0.39 is 26.0 Å². The number of amides is 1. The van der Waals surface area contributed by atoms with Gasteiger partial charge in [-0.3, -0.25) is 14.2 Å². The van der Waals surface area contributed by atoms with Gasteiger partial charge in [-0.25, -0.2) is 16.8 Å². The first-order valence-corrected chi connectivity index (χ1v) is 10.5. The molecule has 12 heteroatoms. The minimum absolute atomic E-state index is 0.0376. The molecule has 0 saturated heterocycles. The molecule has 0 fully saturated rings. The lowest BCUT2D eigenvalue weighted by Gasteiger charge is -2.12. The van der Waals surface area contributed by atoms with Gasteiger partial charge in [-0.05, 0) is 18.2 Å². The zero-order chi connectivity index (χ0) is 19.7. The molecular formula is C14H18N4O6S2. The van der Waals surface area contributed by atoms with Crippen LogP contribution in [0.15, 0.2) is 35.4 Å². The summed E-state index contributed by atoms with van der Waals surface area (Å²) in [5.41, 5.74) is 5.52. The summed E-state index contributed by atoms with van der Waals surface area (Å²) in [5.74, 6) is -0.631. The van der Waals surface area contributed by atoms with E-state index in [1.54, 1.807) is 0 Å². The fraction of sp³-hybridized carbons (Fsp3) is 0.214. The summed E-state index contributed by atoms with van der Waals surface area (Å²) in [6, 6.07) is 5.20. The van der Waals surface area contributed by atoms with E-state index in [1.807, 2.05) is 0 Å². The third-order valence-corrected chi connectivity index (χ3v) is 5.23. The van der Waals surface area contributed by atoms with E-state index in [0.29, 0.717) is 0 Å². The van der Waals surface area contributed by atoms with Crippen LogP contribution in [0.25, 0.3) is 0 Å². The first-order chi connectivity index (χ1) is 11.9. The third-order valence-electron chi connectivity index (χ3n) is 3.29. The van der Waals surface area contributed by atoms with Gasteiger partial charge in [-0.2, -0.15) is 0 Å². The Morgan fingerprint density at radius 2 is 1.81 bits per heavy atom. The lowest BCUT2D eigenvalue weighted by molar-refractivity contribution is 0.0992. The van der Waals surface area contributed by atoms with Crippen molar-refractivity contribution < 1.29 is 26.4 Å². The van der Waals surface area contributed by atoms with Crippen molar-refractivity contribution in [2.45, 2.75) is 4.90 Å². The minimum atomic E-state index is -3.99. The predicted molar refractivity (Wildman–Crippen MR) is 96.2 cm³/mol. The van der Waals surface area contributed by atoms with Gasteiger partial charge >= 0.3 is 0 Å². The number of nitrogens with two attached hydrogens (primary N) is 1. The molecule has 0 unspecified atom stereocenters. The van der Waals surface area contributed by atoms with Crippen molar-refractivity contribution in [3.63, 3.8) is 0 Å². The highest BCUT2D eigenvalue weighted by molar-refractivity contribution is 7.92. The predicted octanol–water partition coefficient (Wildman–Crippen LogP) is 0.305. The van der Waals surface area contributed by atoms with Crippen molar-refractivity contribution in [1.29, 1.82) is 0 Å². The van der Waals surface area contributed by atoms with E-state index in [4.69, 9.17) is 10.5 Å². The summed E-state index contributed by atoms with van der Waals surface area (Å²) in [6.45, 7) is 0. The summed E-state index contributed by atoms with van der Waals surface area (Å²) >= 11 is 0. The van der Waals surface area contributed by atoms with Crippen LogP contribution in [0, 0.1) is 0 Å². The normalized spacial score (nSPS) is 11.8. The molecule has 2 aromatic rings. The first-order valence-electron chi connectivity index (χ1n) is 7.08. The number of aryl methyl sites for hydroxylation is 1. The van der Waals surface area contributed by atoms with Crippen molar-refractivity contribution in [1.82, 2.24) is 4.57 Å². The number of nitrogens with one attached hydrogen (secondary N) is 2. The molecule has 0 radical (unpaired) electrons. The summed E-state index contributed by atoms with van der Waals surface area (Å²) in [7, 11) is -4.71. The number of carbonyl (C=O) groups excluding carboxylic acids is 1. The summed E-state index contributed by atoms with van der Waals surface area (Å²) < 4.78 is 58.6. The van der Waals surface area contributed by atoms with E-state index in [1.165, 1.54) is 43.1 Å². The quantitative estimate of drug-likeness (QED) is 0.606. The zero-order valence-electron chi connectivity index (χ0n) is 14.2. The zero-order valence-corrected chi connectivity index (χ0v) is 15.8. The molecule has 0 aliphatic carbocycles. The van der Waals surface area contributed by atoms with Crippen molar-refractivity contribution in [3.8, 4) is 5.75 Å². The van der Waals surface area contributed by atoms with Crippen LogP contribution < -0.4 is 19.9 Å². The summed E-state index contributed by atoms with van der Waals surface area (Å²) in [5, 5.41) is 0. The topological polar surface area (TPSA) is 150 Å². The van der Waals surface area contributed by atoms with Crippen LogP contribution >= 0.6 is 0 Å². The Balaban J connectivity index is 2.35. The molecule has 1 aromatic heterocycles. The lowest BCUT2D eigenvalue weighted by Crippen LogP contribution is -2.14. The molecule has 0 bridgehead atoms. The number of anilines is 2. The maximum atomic E-state index is 12.5. The van der Waals surface area contributed by atoms with Gasteiger partial charge in [0.15, 0.2) is 0 Å². The number of carbonyl (C=O) groups is 1. The number of nitrogens with zero attached hydrogens (tertiary/aromatic N) is 1. The maximum absolute atomic E-state index is 12.5. The standard InChI is InChI=1S/C14H18N4O6S2/c1-18-8-10(7-12(18)14(15)19)26(22,23)16-9-4-5-11(13(6-9)24-2)17-25(3,20)21/h4-8,16-17H,1-3H3,(H2,15,19). The Morgan fingerprint density at radius 3 is 2.31 bits per heavy atom. The van der Waals surface area contributed by atoms with E-state index in [2.05, 4.69) is 9.44 Å². The van der Waals surface area contributed by atoms with Gasteiger partial charge in [-0.15, -0.1) is 0 Å². The highest BCUT2D eigenvalue weighted by Gasteiger charge is 2.20. The second-order valence-electron chi connectivity index (χ2n) is 5.43. The number of ether oxygens (including phenoxy) is 1. The van der Waals surface area contributed by atoms with Crippen LogP contribution in [0.5, 0.6) is 5.75 Å². The number of hydrogen-bond acceptors (Lipinski definition) is 6. The molecule has 26 heavy (non-hydrogen) atoms. The number of primary amides is 1. The smallest absolute Gasteiger partial charge is 0.265 e. The molecule has 0 saturated carbocycles. The fourth-order valence-corrected chi connectivity index (χ4v) is 3.87. The highest BCUT2D eigenvalue weighted by Crippen LogP contribution is 2.30. The monoisotopic (exact) mass is 402 g/mol. The van der Waals surface area contributed by atoms with Gasteiger partial charge in [0.05, 0.1) is 24.7 Å². The Labute approximate surface area is 151 Å². The molecule has 1 heterocycles. The number of methoxy groups -OCH3 is 1. The van der Waals surface area contributed by atoms with Crippen molar-refractivity contribution in [2.75, 3.05) is 22.8 Å². The molecular weight excluding hydrogens is 384 g/mol. The molecule has 0 atom stereocenters. The third kappa shape index (κ3) is 4.46. The Kier molecular flexibility index (Phi) is 5.18. The number of rotatable bonds is 7. The van der Waals surface area contributed by atoms with Crippen LogP contribution in [0.2, 0.25) is 0 Å². The molecule has 10 nitrogen and oxygen atoms in total. The van der Waals surface area contributed by atoms with Gasteiger partial charge in [0, 0.05) is 19.3 Å². The molecule has 142 valence electrons. The minimum Gasteiger partial charge on any atom is -0.494 e. The van der Waals surface area contributed by atoms with Gasteiger partial charge in [0.2, 0.25) is 10.0 Å². The largest absolute Gasteiger partial charge is 0.494 e. The number of sulfonamides is 2. The average Bonchev–Trinajstić information content (AvgIpc) is 2.90. The molecule has 4 N–H and O–H groups in total. The summed E-state index contributed by atoms with van der Waals surface area (Å²) in [6.07, 6.45) is 2.23. The maximum Gasteiger partial charge on any atom is 0.265 e. The van der Waals surface area contributed by atoms with E-state index in [0.717, 1.165) is 12.3 Å². The molecule has 0 aliphatic heterocycles. The number of benzene rings is 1. The molecule has 1 aromatic carbocycles. The van der Waals surface area contributed by atoms with Crippen LogP contribution in [-0.4, -0.2) is 40.7 Å². The summed E-state index contributed by atoms with van der Waals surface area (Å²) in [4.78, 5) is 11.1. The van der Waals surface area contributed by atoms with E-state index >= 15 is 0 Å². The van der Waals surface area contributed by atoms with Gasteiger partial charge in [0.25, 0.3) is 15.9 Å². The average molecular weight is 402 g/mol. The van der Waals surface area contributed by atoms with Crippen molar-refractivity contribution in [2.24, 2.45) is 12.8 Å². The van der Waals surface area contributed by atoms with Crippen molar-refractivity contribution in [3.05, 3.63) is 36.2 Å². The molecule has 1 amide bonds. The van der Waals surface area contributed by atoms with Crippen molar-refractivity contribution >= 4 is 37.3 Å².